The van der Waals surface area contributed by atoms with Gasteiger partial charge in [0.15, 0.2) is 17.0 Å². The van der Waals surface area contributed by atoms with E-state index < -0.39 is 0 Å². The largest absolute Gasteiger partial charge is 0.497 e. The van der Waals surface area contributed by atoms with Crippen LogP contribution in [0.5, 0.6) is 5.75 Å². The molecule has 0 unspecified atom stereocenters. The van der Waals surface area contributed by atoms with Crippen LogP contribution >= 0.6 is 0 Å². The number of ether oxygens (including phenoxy) is 1. The number of fused-ring (bicyclic) bond motifs is 1. The van der Waals surface area contributed by atoms with Gasteiger partial charge in [-0.1, -0.05) is 37.0 Å². The van der Waals surface area contributed by atoms with Crippen molar-refractivity contribution < 1.29 is 9.53 Å². The van der Waals surface area contributed by atoms with Gasteiger partial charge in [0.05, 0.1) is 12.8 Å². The van der Waals surface area contributed by atoms with Crippen molar-refractivity contribution in [3.05, 3.63) is 30.6 Å². The first kappa shape index (κ1) is 20.7. The smallest absolute Gasteiger partial charge is 0.222 e. The molecule has 5 rings (SSSR count). The zero-order chi connectivity index (χ0) is 21.9. The maximum Gasteiger partial charge on any atom is 0.222 e. The summed E-state index contributed by atoms with van der Waals surface area (Å²) in [5, 5.41) is 8.70. The molecule has 2 fully saturated rings. The topological polar surface area (TPSA) is 89.3 Å². The average molecular weight is 436 g/mol. The minimum absolute atomic E-state index is 0.286. The van der Waals surface area contributed by atoms with Crippen molar-refractivity contribution in [1.29, 1.82) is 0 Å². The van der Waals surface area contributed by atoms with Gasteiger partial charge in [0.2, 0.25) is 5.91 Å². The molecule has 1 aliphatic heterocycles. The molecule has 1 aliphatic carbocycles. The van der Waals surface area contributed by atoms with Crippen LogP contribution in [-0.2, 0) is 4.79 Å². The van der Waals surface area contributed by atoms with Gasteiger partial charge in [-0.05, 0) is 24.5 Å². The van der Waals surface area contributed by atoms with Crippen molar-refractivity contribution in [2.45, 2.75) is 38.5 Å². The van der Waals surface area contributed by atoms with E-state index >= 15 is 0 Å². The minimum Gasteiger partial charge on any atom is -0.497 e. The van der Waals surface area contributed by atoms with Crippen LogP contribution in [0, 0.1) is 5.92 Å². The van der Waals surface area contributed by atoms with Gasteiger partial charge >= 0.3 is 0 Å². The number of aromatic nitrogens is 5. The minimum atomic E-state index is 0.286. The Labute approximate surface area is 187 Å². The number of carbonyl (C=O) groups is 1. The zero-order valence-corrected chi connectivity index (χ0v) is 18.5. The molecule has 168 valence electrons. The summed E-state index contributed by atoms with van der Waals surface area (Å²) in [4.78, 5) is 25.8. The molecule has 2 aliphatic rings. The van der Waals surface area contributed by atoms with Crippen LogP contribution in [0.3, 0.4) is 0 Å². The van der Waals surface area contributed by atoms with Gasteiger partial charge in [0, 0.05) is 38.7 Å². The highest BCUT2D eigenvalue weighted by Crippen LogP contribution is 2.29. The van der Waals surface area contributed by atoms with E-state index in [1.807, 2.05) is 29.2 Å². The van der Waals surface area contributed by atoms with Crippen molar-refractivity contribution in [2.75, 3.05) is 38.2 Å². The van der Waals surface area contributed by atoms with Crippen LogP contribution in [0.4, 0.5) is 5.82 Å². The molecule has 3 aromatic rings. The maximum atomic E-state index is 12.7. The number of benzene rings is 1. The summed E-state index contributed by atoms with van der Waals surface area (Å²) in [5.41, 5.74) is 2.14. The van der Waals surface area contributed by atoms with Crippen LogP contribution in [0.2, 0.25) is 0 Å². The Balaban J connectivity index is 1.27. The number of hydrogen-bond donors (Lipinski definition) is 0. The molecule has 3 heterocycles. The number of carbonyl (C=O) groups excluding carboxylic acids is 1. The number of piperazine rings is 1. The Hall–Kier alpha value is -3.23. The van der Waals surface area contributed by atoms with E-state index in [9.17, 15) is 4.79 Å². The first-order chi connectivity index (χ1) is 15.7. The van der Waals surface area contributed by atoms with Crippen molar-refractivity contribution in [1.82, 2.24) is 29.9 Å². The highest BCUT2D eigenvalue weighted by atomic mass is 16.5. The van der Waals surface area contributed by atoms with Crippen molar-refractivity contribution in [3.63, 3.8) is 0 Å². The molecule has 1 aromatic carbocycles. The lowest BCUT2D eigenvalue weighted by atomic mass is 10.0. The third-order valence-electron chi connectivity index (χ3n) is 6.69. The molecule has 0 spiro atoms. The van der Waals surface area contributed by atoms with Crippen LogP contribution in [0.1, 0.15) is 38.5 Å². The predicted molar refractivity (Wildman–Crippen MR) is 121 cm³/mol. The highest BCUT2D eigenvalue weighted by Gasteiger charge is 2.25. The summed E-state index contributed by atoms with van der Waals surface area (Å²) in [6.07, 6.45) is 8.51. The lowest BCUT2D eigenvalue weighted by Gasteiger charge is -2.35. The van der Waals surface area contributed by atoms with Gasteiger partial charge in [-0.25, -0.2) is 9.97 Å². The van der Waals surface area contributed by atoms with Crippen LogP contribution in [0.15, 0.2) is 30.6 Å². The zero-order valence-electron chi connectivity index (χ0n) is 18.5. The highest BCUT2D eigenvalue weighted by molar-refractivity contribution is 5.84. The summed E-state index contributed by atoms with van der Waals surface area (Å²) in [7, 11) is 1.64. The molecule has 0 N–H and O–H groups in total. The molecule has 0 atom stereocenters. The Morgan fingerprint density at radius 1 is 1.12 bits per heavy atom. The summed E-state index contributed by atoms with van der Waals surface area (Å²) in [6.45, 7) is 2.87. The molecule has 0 radical (unpaired) electrons. The van der Waals surface area contributed by atoms with Gasteiger partial charge in [-0.3, -0.25) is 4.79 Å². The van der Waals surface area contributed by atoms with E-state index in [0.717, 1.165) is 42.7 Å². The summed E-state index contributed by atoms with van der Waals surface area (Å²) < 4.78 is 7.02. The number of nitrogens with zero attached hydrogens (tertiary/aromatic N) is 7. The van der Waals surface area contributed by atoms with E-state index in [1.165, 1.54) is 25.7 Å². The van der Waals surface area contributed by atoms with Crippen LogP contribution < -0.4 is 9.64 Å². The van der Waals surface area contributed by atoms with Gasteiger partial charge in [0.25, 0.3) is 0 Å². The van der Waals surface area contributed by atoms with Gasteiger partial charge in [0.1, 0.15) is 12.1 Å². The molecule has 1 amide bonds. The quantitative estimate of drug-likeness (QED) is 0.588. The monoisotopic (exact) mass is 435 g/mol. The normalized spacial score (nSPS) is 17.3. The maximum absolute atomic E-state index is 12.7. The fraction of sp³-hybridized carbons (Fsp3) is 0.522. The van der Waals surface area contributed by atoms with Gasteiger partial charge < -0.3 is 14.5 Å². The Kier molecular flexibility index (Phi) is 5.87. The number of methoxy groups -OCH3 is 1. The fourth-order valence-electron chi connectivity index (χ4n) is 4.84. The molecule has 0 bridgehead atoms. The van der Waals surface area contributed by atoms with Gasteiger partial charge in [-0.15, -0.1) is 5.10 Å². The molecular weight excluding hydrogens is 406 g/mol. The summed E-state index contributed by atoms with van der Waals surface area (Å²) >= 11 is 0. The van der Waals surface area contributed by atoms with E-state index in [1.54, 1.807) is 18.1 Å². The van der Waals surface area contributed by atoms with Crippen LogP contribution in [0.25, 0.3) is 16.9 Å². The fourth-order valence-corrected chi connectivity index (χ4v) is 4.84. The Bertz CT molecular complexity index is 1080. The summed E-state index contributed by atoms with van der Waals surface area (Å²) in [5.74, 6) is 2.55. The molecule has 1 saturated heterocycles. The van der Waals surface area contributed by atoms with Gasteiger partial charge in [-0.2, -0.15) is 4.68 Å². The lowest BCUT2D eigenvalue weighted by molar-refractivity contribution is -0.131. The lowest BCUT2D eigenvalue weighted by Crippen LogP contribution is -2.49. The Morgan fingerprint density at radius 2 is 1.94 bits per heavy atom. The molecule has 9 nitrogen and oxygen atoms in total. The number of rotatable bonds is 6. The van der Waals surface area contributed by atoms with E-state index in [4.69, 9.17) is 4.74 Å². The van der Waals surface area contributed by atoms with E-state index in [-0.39, 0.29) is 5.91 Å². The molecule has 32 heavy (non-hydrogen) atoms. The molecular formula is C23H29N7O2. The number of amides is 1. The van der Waals surface area contributed by atoms with Crippen LogP contribution in [-0.4, -0.2) is 69.1 Å². The van der Waals surface area contributed by atoms with Crippen molar-refractivity contribution >= 4 is 22.9 Å². The third kappa shape index (κ3) is 4.11. The standard InChI is InChI=1S/C23H29N7O2/c1-32-19-8-4-7-18(15-19)30-23-21(26-27-30)22(24-16-25-23)29-13-11-28(12-14-29)20(31)10-9-17-5-2-3-6-17/h4,7-8,15-17H,2-3,5-6,9-14H2,1H3. The van der Waals surface area contributed by atoms with Crippen molar-refractivity contribution in [2.24, 2.45) is 5.92 Å². The van der Waals surface area contributed by atoms with Crippen molar-refractivity contribution in [3.8, 4) is 11.4 Å². The second-order valence-electron chi connectivity index (χ2n) is 8.63. The Morgan fingerprint density at radius 3 is 2.72 bits per heavy atom. The average Bonchev–Trinajstić information content (AvgIpc) is 3.52. The number of hydrogen-bond acceptors (Lipinski definition) is 7. The van der Waals surface area contributed by atoms with E-state index in [2.05, 4.69) is 25.2 Å². The SMILES string of the molecule is COc1cccc(-n2nnc3c(N4CCN(C(=O)CCC5CCCC5)CC4)ncnc32)c1. The first-order valence-electron chi connectivity index (χ1n) is 11.5. The summed E-state index contributed by atoms with van der Waals surface area (Å²) in [6, 6.07) is 7.63. The predicted octanol–water partition coefficient (Wildman–Crippen LogP) is 2.84. The molecule has 2 aromatic heterocycles. The second-order valence-corrected chi connectivity index (χ2v) is 8.63. The number of anilines is 1. The molecule has 1 saturated carbocycles. The third-order valence-corrected chi connectivity index (χ3v) is 6.69. The second kappa shape index (κ2) is 9.10. The first-order valence-corrected chi connectivity index (χ1v) is 11.5. The van der Waals surface area contributed by atoms with E-state index in [0.29, 0.717) is 30.7 Å². The molecule has 9 heteroatoms.